The molecule has 40 heavy (non-hydrogen) atoms. The van der Waals surface area contributed by atoms with E-state index in [1.807, 2.05) is 12.1 Å². The SMILES string of the molecule is O=C1COc2ccc(N3C[C@H](CCNCc4cccc(-c5cccc(OC[C@@H]6CCCN6)c5)c4)OC3=O)nc2N1. The number of nitrogens with zero attached hydrogens (tertiary/aromatic N) is 2. The van der Waals surface area contributed by atoms with Gasteiger partial charge in [0, 0.05) is 12.6 Å². The molecule has 2 amide bonds. The molecule has 2 atom stereocenters. The van der Waals surface area contributed by atoms with Gasteiger partial charge in [-0.3, -0.25) is 9.69 Å². The molecular formula is C30H33N5O5. The number of aromatic nitrogens is 1. The first-order valence-electron chi connectivity index (χ1n) is 13.8. The lowest BCUT2D eigenvalue weighted by molar-refractivity contribution is -0.118. The van der Waals surface area contributed by atoms with Gasteiger partial charge in [0.05, 0.1) is 6.54 Å². The van der Waals surface area contributed by atoms with Crippen molar-refractivity contribution in [2.75, 3.05) is 43.1 Å². The van der Waals surface area contributed by atoms with Crippen molar-refractivity contribution in [3.8, 4) is 22.6 Å². The van der Waals surface area contributed by atoms with E-state index >= 15 is 0 Å². The molecule has 4 heterocycles. The lowest BCUT2D eigenvalue weighted by atomic mass is 10.0. The van der Waals surface area contributed by atoms with Gasteiger partial charge in [-0.05, 0) is 79.4 Å². The van der Waals surface area contributed by atoms with Crippen LogP contribution in [0.1, 0.15) is 24.8 Å². The maximum Gasteiger partial charge on any atom is 0.415 e. The Morgan fingerprint density at radius 1 is 1.07 bits per heavy atom. The maximum atomic E-state index is 12.5. The van der Waals surface area contributed by atoms with Crippen molar-refractivity contribution >= 4 is 23.6 Å². The van der Waals surface area contributed by atoms with Gasteiger partial charge in [0.1, 0.15) is 24.3 Å². The molecule has 0 bridgehead atoms. The van der Waals surface area contributed by atoms with Crippen molar-refractivity contribution in [2.24, 2.45) is 0 Å². The molecule has 6 rings (SSSR count). The van der Waals surface area contributed by atoms with Crippen LogP contribution in [0.2, 0.25) is 0 Å². The summed E-state index contributed by atoms with van der Waals surface area (Å²) in [5.74, 6) is 1.84. The summed E-state index contributed by atoms with van der Waals surface area (Å²) < 4.78 is 16.9. The van der Waals surface area contributed by atoms with Crippen LogP contribution in [0.15, 0.2) is 60.7 Å². The summed E-state index contributed by atoms with van der Waals surface area (Å²) in [6.07, 6.45) is 2.35. The fourth-order valence-electron chi connectivity index (χ4n) is 5.18. The topological polar surface area (TPSA) is 114 Å². The van der Waals surface area contributed by atoms with Gasteiger partial charge >= 0.3 is 6.09 Å². The monoisotopic (exact) mass is 543 g/mol. The van der Waals surface area contributed by atoms with Crippen LogP contribution >= 0.6 is 0 Å². The molecule has 3 aliphatic heterocycles. The molecule has 2 fully saturated rings. The summed E-state index contributed by atoms with van der Waals surface area (Å²) in [5.41, 5.74) is 3.44. The number of rotatable bonds is 10. The van der Waals surface area contributed by atoms with Crippen LogP contribution in [0.3, 0.4) is 0 Å². The highest BCUT2D eigenvalue weighted by Gasteiger charge is 2.33. The summed E-state index contributed by atoms with van der Waals surface area (Å²) in [5, 5.41) is 9.60. The molecule has 2 saturated heterocycles. The molecule has 2 aromatic carbocycles. The number of cyclic esters (lactones) is 1. The second-order valence-electron chi connectivity index (χ2n) is 10.3. The zero-order chi connectivity index (χ0) is 27.3. The van der Waals surface area contributed by atoms with E-state index < -0.39 is 6.09 Å². The molecule has 3 aromatic rings. The fourth-order valence-corrected chi connectivity index (χ4v) is 5.18. The van der Waals surface area contributed by atoms with Gasteiger partial charge in [0.25, 0.3) is 5.91 Å². The third-order valence-corrected chi connectivity index (χ3v) is 7.29. The van der Waals surface area contributed by atoms with Crippen LogP contribution in [0.25, 0.3) is 11.1 Å². The van der Waals surface area contributed by atoms with Crippen molar-refractivity contribution in [1.82, 2.24) is 15.6 Å². The van der Waals surface area contributed by atoms with Gasteiger partial charge in [-0.25, -0.2) is 9.78 Å². The Balaban J connectivity index is 0.986. The minimum absolute atomic E-state index is 0.0419. The van der Waals surface area contributed by atoms with Gasteiger partial charge < -0.3 is 30.2 Å². The first-order valence-corrected chi connectivity index (χ1v) is 13.8. The minimum atomic E-state index is -0.445. The highest BCUT2D eigenvalue weighted by Crippen LogP contribution is 2.30. The molecule has 10 heteroatoms. The number of hydrogen-bond donors (Lipinski definition) is 3. The van der Waals surface area contributed by atoms with Crippen molar-refractivity contribution in [1.29, 1.82) is 0 Å². The molecule has 0 saturated carbocycles. The average molecular weight is 544 g/mol. The fraction of sp³-hybridized carbons (Fsp3) is 0.367. The summed E-state index contributed by atoms with van der Waals surface area (Å²) in [6.45, 7) is 3.51. The molecule has 0 spiro atoms. The second-order valence-corrected chi connectivity index (χ2v) is 10.3. The highest BCUT2D eigenvalue weighted by molar-refractivity contribution is 5.95. The quantitative estimate of drug-likeness (QED) is 0.332. The Morgan fingerprint density at radius 3 is 2.83 bits per heavy atom. The number of amides is 2. The molecule has 10 nitrogen and oxygen atoms in total. The summed E-state index contributed by atoms with van der Waals surface area (Å²) in [6, 6.07) is 20.5. The Labute approximate surface area is 233 Å². The molecule has 0 radical (unpaired) electrons. The van der Waals surface area contributed by atoms with Crippen molar-refractivity contribution < 1.29 is 23.8 Å². The van der Waals surface area contributed by atoms with Crippen molar-refractivity contribution in [3.63, 3.8) is 0 Å². The number of hydrogen-bond acceptors (Lipinski definition) is 8. The molecule has 3 aliphatic rings. The van der Waals surface area contributed by atoms with Crippen molar-refractivity contribution in [2.45, 2.75) is 38.0 Å². The number of anilines is 2. The molecule has 1 aromatic heterocycles. The first kappa shape index (κ1) is 26.1. The number of fused-ring (bicyclic) bond motifs is 1. The predicted octanol–water partition coefficient (Wildman–Crippen LogP) is 3.72. The predicted molar refractivity (Wildman–Crippen MR) is 151 cm³/mol. The lowest BCUT2D eigenvalue weighted by Crippen LogP contribution is -2.29. The minimum Gasteiger partial charge on any atom is -0.492 e. The molecule has 3 N–H and O–H groups in total. The lowest BCUT2D eigenvalue weighted by Gasteiger charge is -2.19. The van der Waals surface area contributed by atoms with Gasteiger partial charge in [0.2, 0.25) is 0 Å². The van der Waals surface area contributed by atoms with Crippen LogP contribution in [0, 0.1) is 0 Å². The van der Waals surface area contributed by atoms with E-state index in [0.29, 0.717) is 56.1 Å². The summed E-state index contributed by atoms with van der Waals surface area (Å²) >= 11 is 0. The first-order chi connectivity index (χ1) is 19.6. The van der Waals surface area contributed by atoms with E-state index in [4.69, 9.17) is 14.2 Å². The number of nitrogens with one attached hydrogen (secondary N) is 3. The van der Waals surface area contributed by atoms with Gasteiger partial charge in [-0.2, -0.15) is 0 Å². The normalized spacial score (nSPS) is 20.1. The zero-order valence-corrected chi connectivity index (χ0v) is 22.2. The standard InChI is InChI=1S/C30H33N5O5/c36-28-19-39-26-9-10-27(33-29(26)34-28)35-17-25(40-30(35)37)11-13-31-16-20-4-1-5-21(14-20)22-6-2-8-24(15-22)38-18-23-7-3-12-32-23/h1-2,4-6,8-10,14-15,23,25,31-32H,3,7,11-13,16-19H2,(H,33,34,36)/t23-,25-/m0/s1. The number of carbonyl (C=O) groups is 2. The second kappa shape index (κ2) is 11.9. The van der Waals surface area contributed by atoms with E-state index in [1.165, 1.54) is 23.3 Å². The maximum absolute atomic E-state index is 12.5. The van der Waals surface area contributed by atoms with Crippen LogP contribution < -0.4 is 30.3 Å². The van der Waals surface area contributed by atoms with E-state index in [1.54, 1.807) is 12.1 Å². The smallest absolute Gasteiger partial charge is 0.415 e. The van der Waals surface area contributed by atoms with E-state index in [9.17, 15) is 9.59 Å². The van der Waals surface area contributed by atoms with Gasteiger partial charge in [-0.15, -0.1) is 0 Å². The van der Waals surface area contributed by atoms with Crippen molar-refractivity contribution in [3.05, 3.63) is 66.2 Å². The van der Waals surface area contributed by atoms with E-state index in [0.717, 1.165) is 23.4 Å². The Morgan fingerprint density at radius 2 is 1.95 bits per heavy atom. The van der Waals surface area contributed by atoms with Crippen LogP contribution in [0.4, 0.5) is 16.4 Å². The number of pyridine rings is 1. The van der Waals surface area contributed by atoms with E-state index in [2.05, 4.69) is 57.3 Å². The molecular weight excluding hydrogens is 510 g/mol. The van der Waals surface area contributed by atoms with Crippen LogP contribution in [-0.2, 0) is 16.1 Å². The Hall–Kier alpha value is -4.15. The average Bonchev–Trinajstić information content (AvgIpc) is 3.64. The molecule has 208 valence electrons. The summed E-state index contributed by atoms with van der Waals surface area (Å²) in [4.78, 5) is 29.9. The number of ether oxygens (including phenoxy) is 3. The highest BCUT2D eigenvalue weighted by atomic mass is 16.6. The molecule has 0 aliphatic carbocycles. The third kappa shape index (κ3) is 6.19. The van der Waals surface area contributed by atoms with E-state index in [-0.39, 0.29) is 18.6 Å². The Bertz CT molecular complexity index is 1380. The number of benzene rings is 2. The summed E-state index contributed by atoms with van der Waals surface area (Å²) in [7, 11) is 0. The Kier molecular flexibility index (Phi) is 7.78. The zero-order valence-electron chi connectivity index (χ0n) is 22.2. The van der Waals surface area contributed by atoms with Crippen LogP contribution in [-0.4, -0.2) is 62.0 Å². The largest absolute Gasteiger partial charge is 0.492 e. The van der Waals surface area contributed by atoms with Gasteiger partial charge in [-0.1, -0.05) is 30.3 Å². The third-order valence-electron chi connectivity index (χ3n) is 7.29. The number of carbonyl (C=O) groups excluding carboxylic acids is 2. The van der Waals surface area contributed by atoms with Crippen LogP contribution in [0.5, 0.6) is 11.5 Å². The molecule has 0 unspecified atom stereocenters. The van der Waals surface area contributed by atoms with Gasteiger partial charge in [0.15, 0.2) is 18.2 Å².